The summed E-state index contributed by atoms with van der Waals surface area (Å²) in [5.74, 6) is -0.737. The minimum Gasteiger partial charge on any atom is -0.478 e. The lowest BCUT2D eigenvalue weighted by molar-refractivity contribution is 0.0697. The van der Waals surface area contributed by atoms with Crippen LogP contribution < -0.4 is 4.74 Å². The molecule has 122 valence electrons. The van der Waals surface area contributed by atoms with E-state index >= 15 is 0 Å². The highest BCUT2D eigenvalue weighted by Gasteiger charge is 2.28. The Morgan fingerprint density at radius 2 is 1.92 bits per heavy atom. The average molecular weight is 322 g/mol. The van der Waals surface area contributed by atoms with Crippen LogP contribution in [-0.2, 0) is 6.42 Å². The molecule has 0 aromatic heterocycles. The van der Waals surface area contributed by atoms with Gasteiger partial charge >= 0.3 is 5.97 Å². The van der Waals surface area contributed by atoms with Gasteiger partial charge in [0.25, 0.3) is 0 Å². The van der Waals surface area contributed by atoms with E-state index in [0.29, 0.717) is 11.3 Å². The third-order valence-electron chi connectivity index (χ3n) is 4.01. The van der Waals surface area contributed by atoms with Crippen molar-refractivity contribution in [3.05, 3.63) is 70.5 Å². The highest BCUT2D eigenvalue weighted by atomic mass is 16.5. The number of aromatic carboxylic acids is 1. The summed E-state index contributed by atoms with van der Waals surface area (Å²) >= 11 is 0. The molecule has 1 heterocycles. The number of aryl methyl sites for hydroxylation is 1. The molecule has 24 heavy (non-hydrogen) atoms. The van der Waals surface area contributed by atoms with Crippen LogP contribution in [0.2, 0.25) is 0 Å². The van der Waals surface area contributed by atoms with Crippen LogP contribution >= 0.6 is 0 Å². The van der Waals surface area contributed by atoms with E-state index in [4.69, 9.17) is 9.84 Å². The molecule has 0 bridgehead atoms. The number of carbonyl (C=O) groups is 2. The van der Waals surface area contributed by atoms with E-state index < -0.39 is 5.97 Å². The molecule has 2 aromatic rings. The largest absolute Gasteiger partial charge is 0.478 e. The van der Waals surface area contributed by atoms with Gasteiger partial charge in [-0.15, -0.1) is 0 Å². The predicted molar refractivity (Wildman–Crippen MR) is 91.4 cm³/mol. The molecule has 1 aliphatic heterocycles. The van der Waals surface area contributed by atoms with Crippen molar-refractivity contribution in [2.75, 3.05) is 0 Å². The van der Waals surface area contributed by atoms with Crippen LogP contribution in [0.5, 0.6) is 5.75 Å². The van der Waals surface area contributed by atoms with Crippen LogP contribution in [0.1, 0.15) is 51.6 Å². The number of hydrogen-bond acceptors (Lipinski definition) is 3. The van der Waals surface area contributed by atoms with Crippen LogP contribution in [0.25, 0.3) is 6.08 Å². The number of allylic oxidation sites excluding steroid dienone is 1. The Morgan fingerprint density at radius 1 is 1.17 bits per heavy atom. The third kappa shape index (κ3) is 3.23. The van der Waals surface area contributed by atoms with Gasteiger partial charge in [-0.1, -0.05) is 37.6 Å². The number of ketones is 1. The summed E-state index contributed by atoms with van der Waals surface area (Å²) < 4.78 is 5.57. The van der Waals surface area contributed by atoms with E-state index in [1.165, 1.54) is 23.8 Å². The first kappa shape index (κ1) is 16.0. The second kappa shape index (κ2) is 6.71. The number of rotatable bonds is 5. The molecule has 0 radical (unpaired) electrons. The summed E-state index contributed by atoms with van der Waals surface area (Å²) in [5.41, 5.74) is 2.52. The molecule has 3 rings (SSSR count). The quantitative estimate of drug-likeness (QED) is 0.832. The smallest absolute Gasteiger partial charge is 0.335 e. The first-order chi connectivity index (χ1) is 11.6. The zero-order valence-electron chi connectivity index (χ0n) is 13.4. The number of carboxylic acid groups (broad SMARTS) is 1. The number of hydrogen-bond donors (Lipinski definition) is 1. The summed E-state index contributed by atoms with van der Waals surface area (Å²) in [4.78, 5) is 23.4. The number of benzene rings is 2. The van der Waals surface area contributed by atoms with Gasteiger partial charge in [0.1, 0.15) is 5.75 Å². The molecule has 0 amide bonds. The van der Waals surface area contributed by atoms with Crippen molar-refractivity contribution < 1.29 is 19.4 Å². The number of ether oxygens (including phenoxy) is 1. The molecule has 1 aliphatic rings. The van der Waals surface area contributed by atoms with E-state index in [0.717, 1.165) is 24.8 Å². The van der Waals surface area contributed by atoms with Gasteiger partial charge in [-0.25, -0.2) is 4.79 Å². The molecule has 0 spiro atoms. The molecule has 2 aromatic carbocycles. The van der Waals surface area contributed by atoms with Gasteiger partial charge in [0, 0.05) is 0 Å². The van der Waals surface area contributed by atoms with E-state index in [1.54, 1.807) is 6.08 Å². The minimum absolute atomic E-state index is 0.0761. The lowest BCUT2D eigenvalue weighted by atomic mass is 10.0. The van der Waals surface area contributed by atoms with E-state index in [2.05, 4.69) is 19.1 Å². The van der Waals surface area contributed by atoms with Crippen molar-refractivity contribution in [1.29, 1.82) is 0 Å². The Bertz CT molecular complexity index is 816. The normalized spacial score (nSPS) is 14.5. The number of carboxylic acids is 1. The predicted octanol–water partition coefficient (Wildman–Crippen LogP) is 4.34. The van der Waals surface area contributed by atoms with Crippen LogP contribution in [0, 0.1) is 0 Å². The van der Waals surface area contributed by atoms with Gasteiger partial charge < -0.3 is 9.84 Å². The Morgan fingerprint density at radius 3 is 2.58 bits per heavy atom. The number of carbonyl (C=O) groups excluding carboxylic acids is 1. The van der Waals surface area contributed by atoms with Crippen molar-refractivity contribution in [2.24, 2.45) is 0 Å². The molecule has 0 atom stereocenters. The molecule has 1 N–H and O–H groups in total. The highest BCUT2D eigenvalue weighted by Crippen LogP contribution is 2.32. The molecular weight excluding hydrogens is 304 g/mol. The molecule has 0 aliphatic carbocycles. The SMILES string of the molecule is CCCCc1ccc(C=C2Oc3ccc(C(=O)O)cc3C2=O)cc1. The van der Waals surface area contributed by atoms with Gasteiger partial charge in [0.2, 0.25) is 5.78 Å². The number of fused-ring (bicyclic) bond motifs is 1. The van der Waals surface area contributed by atoms with Gasteiger partial charge in [0.05, 0.1) is 11.1 Å². The van der Waals surface area contributed by atoms with Crippen molar-refractivity contribution in [2.45, 2.75) is 26.2 Å². The fourth-order valence-electron chi connectivity index (χ4n) is 2.63. The van der Waals surface area contributed by atoms with E-state index in [-0.39, 0.29) is 17.1 Å². The summed E-state index contributed by atoms with van der Waals surface area (Å²) in [5, 5.41) is 9.02. The molecule has 4 nitrogen and oxygen atoms in total. The standard InChI is InChI=1S/C20H18O4/c1-2-3-4-13-5-7-14(8-6-13)11-18-19(21)16-12-15(20(22)23)9-10-17(16)24-18/h5-12H,2-4H2,1H3,(H,22,23). The lowest BCUT2D eigenvalue weighted by Gasteiger charge is -2.02. The maximum absolute atomic E-state index is 12.4. The van der Waals surface area contributed by atoms with Crippen LogP contribution in [0.15, 0.2) is 48.2 Å². The van der Waals surface area contributed by atoms with E-state index in [9.17, 15) is 9.59 Å². The van der Waals surface area contributed by atoms with Gasteiger partial charge in [-0.2, -0.15) is 0 Å². The summed E-state index contributed by atoms with van der Waals surface area (Å²) in [6.45, 7) is 2.16. The molecule has 0 saturated heterocycles. The lowest BCUT2D eigenvalue weighted by Crippen LogP contribution is -2.00. The first-order valence-electron chi connectivity index (χ1n) is 7.99. The van der Waals surface area contributed by atoms with Crippen molar-refractivity contribution in [3.8, 4) is 5.75 Å². The van der Waals surface area contributed by atoms with Gasteiger partial charge in [0.15, 0.2) is 5.76 Å². The first-order valence-corrected chi connectivity index (χ1v) is 7.99. The van der Waals surface area contributed by atoms with Crippen molar-refractivity contribution in [1.82, 2.24) is 0 Å². The Hall–Kier alpha value is -2.88. The van der Waals surface area contributed by atoms with Crippen LogP contribution in [0.4, 0.5) is 0 Å². The Kier molecular flexibility index (Phi) is 4.47. The van der Waals surface area contributed by atoms with Crippen molar-refractivity contribution >= 4 is 17.8 Å². The second-order valence-corrected chi connectivity index (χ2v) is 5.80. The maximum atomic E-state index is 12.4. The third-order valence-corrected chi connectivity index (χ3v) is 4.01. The van der Waals surface area contributed by atoms with Crippen LogP contribution in [0.3, 0.4) is 0 Å². The second-order valence-electron chi connectivity index (χ2n) is 5.80. The average Bonchev–Trinajstić information content (AvgIpc) is 2.89. The molecule has 0 unspecified atom stereocenters. The summed E-state index contributed by atoms with van der Waals surface area (Å²) in [6.07, 6.45) is 5.05. The summed E-state index contributed by atoms with van der Waals surface area (Å²) in [7, 11) is 0. The fraction of sp³-hybridized carbons (Fsp3) is 0.200. The zero-order chi connectivity index (χ0) is 17.1. The monoisotopic (exact) mass is 322 g/mol. The molecule has 0 fully saturated rings. The van der Waals surface area contributed by atoms with Crippen LogP contribution in [-0.4, -0.2) is 16.9 Å². The van der Waals surface area contributed by atoms with Gasteiger partial charge in [-0.3, -0.25) is 4.79 Å². The molecule has 4 heteroatoms. The van der Waals surface area contributed by atoms with Gasteiger partial charge in [-0.05, 0) is 48.2 Å². The van der Waals surface area contributed by atoms with Crippen molar-refractivity contribution in [3.63, 3.8) is 0 Å². The maximum Gasteiger partial charge on any atom is 0.335 e. The summed E-state index contributed by atoms with van der Waals surface area (Å²) in [6, 6.07) is 12.3. The molecule has 0 saturated carbocycles. The Balaban J connectivity index is 1.82. The number of Topliss-reactive ketones (excluding diaryl/α,β-unsaturated/α-hetero) is 1. The topological polar surface area (TPSA) is 63.6 Å². The number of unbranched alkanes of at least 4 members (excludes halogenated alkanes) is 1. The van der Waals surface area contributed by atoms with E-state index in [1.807, 2.05) is 12.1 Å². The zero-order valence-corrected chi connectivity index (χ0v) is 13.4. The molecular formula is C20H18O4. The highest BCUT2D eigenvalue weighted by molar-refractivity contribution is 6.15. The fourth-order valence-corrected chi connectivity index (χ4v) is 2.63. The minimum atomic E-state index is -1.06. The Labute approximate surface area is 140 Å².